The molecule has 0 aromatic heterocycles. The van der Waals surface area contributed by atoms with Crippen molar-refractivity contribution >= 4 is 17.9 Å². The zero-order valence-corrected chi connectivity index (χ0v) is 14.1. The van der Waals surface area contributed by atoms with Crippen molar-refractivity contribution in [3.63, 3.8) is 0 Å². The molecule has 0 atom stereocenters. The van der Waals surface area contributed by atoms with Gasteiger partial charge < -0.3 is 24.9 Å². The quantitative estimate of drug-likeness (QED) is 0.420. The van der Waals surface area contributed by atoms with Crippen LogP contribution in [0.15, 0.2) is 0 Å². The third-order valence-corrected chi connectivity index (χ3v) is 0. The van der Waals surface area contributed by atoms with E-state index in [9.17, 15) is 0 Å². The minimum absolute atomic E-state index is 0. The Kier molecular flexibility index (Phi) is 49.8. The van der Waals surface area contributed by atoms with Crippen molar-refractivity contribution in [3.05, 3.63) is 0 Å². The van der Waals surface area contributed by atoms with Gasteiger partial charge in [0.1, 0.15) is 0 Å². The maximum atomic E-state index is 9.00. The van der Waals surface area contributed by atoms with E-state index in [1.54, 1.807) is 0 Å². The van der Waals surface area contributed by atoms with E-state index >= 15 is 0 Å². The molecule has 0 aliphatic heterocycles. The molecule has 0 heterocycles. The largest absolute Gasteiger partial charge is 1.00 e. The van der Waals surface area contributed by atoms with Crippen molar-refractivity contribution in [1.82, 2.24) is 0 Å². The van der Waals surface area contributed by atoms with Crippen LogP contribution in [0.5, 0.6) is 0 Å². The Balaban J connectivity index is -0.0000000270. The van der Waals surface area contributed by atoms with Gasteiger partial charge in [-0.1, -0.05) is 0 Å². The smallest absolute Gasteiger partial charge is 0.550 e. The zero-order chi connectivity index (χ0) is 10.7. The van der Waals surface area contributed by atoms with Gasteiger partial charge in [0.2, 0.25) is 0 Å². The minimum Gasteiger partial charge on any atom is -0.550 e. The first-order valence-electron chi connectivity index (χ1n) is 2.74. The molecule has 0 aliphatic rings. The van der Waals surface area contributed by atoms with Crippen LogP contribution in [0.4, 0.5) is 0 Å². The van der Waals surface area contributed by atoms with Gasteiger partial charge in [-0.2, -0.15) is 0 Å². The summed E-state index contributed by atoms with van der Waals surface area (Å²) < 4.78 is 0. The molecule has 8 heteroatoms. The molecule has 0 radical (unpaired) electrons. The Labute approximate surface area is 147 Å². The van der Waals surface area contributed by atoms with Crippen molar-refractivity contribution in [1.29, 1.82) is 0 Å². The summed E-state index contributed by atoms with van der Waals surface area (Å²) in [5.74, 6) is -3.00. The van der Waals surface area contributed by atoms with Gasteiger partial charge in [-0.05, 0) is 13.8 Å². The molecular weight excluding hydrogens is 230 g/mol. The second-order valence-electron chi connectivity index (χ2n) is 1.50. The Morgan fingerprint density at radius 2 is 0.929 bits per heavy atom. The van der Waals surface area contributed by atoms with Gasteiger partial charge in [-0.25, -0.2) is 0 Å². The Bertz CT molecular complexity index is 120. The second kappa shape index (κ2) is 23.7. The van der Waals surface area contributed by atoms with E-state index in [0.717, 1.165) is 20.8 Å². The zero-order valence-electron chi connectivity index (χ0n) is 8.99. The summed E-state index contributed by atoms with van der Waals surface area (Å²) in [6.07, 6.45) is 0. The Morgan fingerprint density at radius 1 is 0.929 bits per heavy atom. The van der Waals surface area contributed by atoms with Crippen molar-refractivity contribution < 1.29 is 111 Å². The minimum atomic E-state index is -1.08. The normalized spacial score (nSPS) is 5.36. The second-order valence-corrected chi connectivity index (χ2v) is 1.50. The van der Waals surface area contributed by atoms with Gasteiger partial charge >= 0.3 is 80.9 Å². The summed E-state index contributed by atoms with van der Waals surface area (Å²) in [6.45, 7) is 3.03. The molecular formula is C6H10KNaO6. The molecule has 14 heavy (non-hydrogen) atoms. The number of rotatable bonds is 0. The third kappa shape index (κ3) is 1730. The van der Waals surface area contributed by atoms with E-state index in [-0.39, 0.29) is 80.9 Å². The number of aliphatic carboxylic acids is 3. The molecule has 0 saturated carbocycles. The Morgan fingerprint density at radius 3 is 0.929 bits per heavy atom. The van der Waals surface area contributed by atoms with Gasteiger partial charge in [0.25, 0.3) is 5.97 Å². The van der Waals surface area contributed by atoms with Gasteiger partial charge in [0.05, 0.1) is 0 Å². The molecule has 0 fully saturated rings. The van der Waals surface area contributed by atoms with Crippen LogP contribution in [0.2, 0.25) is 0 Å². The van der Waals surface area contributed by atoms with E-state index in [0.29, 0.717) is 0 Å². The summed E-state index contributed by atoms with van der Waals surface area (Å²) in [6, 6.07) is 0. The van der Waals surface area contributed by atoms with Gasteiger partial charge in [-0.3, -0.25) is 4.79 Å². The van der Waals surface area contributed by atoms with Gasteiger partial charge in [0, 0.05) is 18.9 Å². The fraction of sp³-hybridized carbons (Fsp3) is 0.500. The summed E-state index contributed by atoms with van der Waals surface area (Å²) in [5, 5.41) is 25.2. The number of carbonyl (C=O) groups excluding carboxylic acids is 2. The standard InChI is InChI=1S/3C2H4O2.K.Na/c3*1-2(3)4;;/h3*1H3,(H,3,4);;/q;;;2*+1/p-2. The summed E-state index contributed by atoms with van der Waals surface area (Å²) in [7, 11) is 0. The summed E-state index contributed by atoms with van der Waals surface area (Å²) >= 11 is 0. The fourth-order valence-corrected chi connectivity index (χ4v) is 0. The first-order valence-corrected chi connectivity index (χ1v) is 2.74. The van der Waals surface area contributed by atoms with Gasteiger partial charge in [0.15, 0.2) is 0 Å². The van der Waals surface area contributed by atoms with Gasteiger partial charge in [-0.15, -0.1) is 0 Å². The van der Waals surface area contributed by atoms with Crippen LogP contribution in [-0.2, 0) is 14.4 Å². The average Bonchev–Trinajstić information content (AvgIpc) is 1.54. The van der Waals surface area contributed by atoms with Crippen LogP contribution in [0.25, 0.3) is 0 Å². The number of hydrogen-bond acceptors (Lipinski definition) is 5. The van der Waals surface area contributed by atoms with E-state index in [1.165, 1.54) is 0 Å². The van der Waals surface area contributed by atoms with Crippen molar-refractivity contribution in [2.75, 3.05) is 0 Å². The van der Waals surface area contributed by atoms with E-state index in [4.69, 9.17) is 29.7 Å². The van der Waals surface area contributed by atoms with E-state index in [2.05, 4.69) is 0 Å². The first-order chi connectivity index (χ1) is 5.20. The molecule has 0 bridgehead atoms. The summed E-state index contributed by atoms with van der Waals surface area (Å²) in [4.78, 5) is 26.8. The molecule has 72 valence electrons. The molecule has 0 rings (SSSR count). The van der Waals surface area contributed by atoms with Crippen molar-refractivity contribution in [3.8, 4) is 0 Å². The Hall–Kier alpha value is 1.05. The maximum absolute atomic E-state index is 9.00. The molecule has 0 unspecified atom stereocenters. The first kappa shape index (κ1) is 29.4. The van der Waals surface area contributed by atoms with Crippen LogP contribution >= 0.6 is 0 Å². The molecule has 0 saturated heterocycles. The predicted molar refractivity (Wildman–Crippen MR) is 34.7 cm³/mol. The summed E-state index contributed by atoms with van der Waals surface area (Å²) in [5.41, 5.74) is 0. The van der Waals surface area contributed by atoms with Crippen LogP contribution in [-0.4, -0.2) is 23.0 Å². The third-order valence-electron chi connectivity index (χ3n) is 0. The molecule has 6 nitrogen and oxygen atoms in total. The number of hydrogen-bond donors (Lipinski definition) is 1. The van der Waals surface area contributed by atoms with Crippen LogP contribution in [0.3, 0.4) is 0 Å². The van der Waals surface area contributed by atoms with Crippen LogP contribution in [0.1, 0.15) is 20.8 Å². The van der Waals surface area contributed by atoms with E-state index in [1.807, 2.05) is 0 Å². The molecule has 0 spiro atoms. The van der Waals surface area contributed by atoms with Crippen LogP contribution < -0.4 is 91.2 Å². The monoisotopic (exact) mass is 240 g/mol. The van der Waals surface area contributed by atoms with Crippen molar-refractivity contribution in [2.45, 2.75) is 20.8 Å². The molecule has 0 aromatic carbocycles. The predicted octanol–water partition coefficient (Wildman–Crippen LogP) is -8.39. The number of carbonyl (C=O) groups is 3. The molecule has 0 amide bonds. The number of carboxylic acid groups (broad SMARTS) is 3. The van der Waals surface area contributed by atoms with Crippen molar-refractivity contribution in [2.24, 2.45) is 0 Å². The average molecular weight is 240 g/mol. The topological polar surface area (TPSA) is 118 Å². The molecule has 0 aromatic rings. The van der Waals surface area contributed by atoms with Crippen LogP contribution in [0, 0.1) is 0 Å². The van der Waals surface area contributed by atoms with E-state index < -0.39 is 17.9 Å². The maximum Gasteiger partial charge on any atom is 1.00 e. The SMILES string of the molecule is CC(=O)O.CC(=O)[O-].CC(=O)[O-].[K+].[Na+]. The fourth-order valence-electron chi connectivity index (χ4n) is 0. The molecule has 0 aliphatic carbocycles. The molecule has 1 N–H and O–H groups in total. The number of carboxylic acids is 3.